The molecule has 0 atom stereocenters. The van der Waals surface area contributed by atoms with Crippen LogP contribution in [0.1, 0.15) is 26.3 Å². The zero-order chi connectivity index (χ0) is 17.3. The molecule has 2 amide bonds. The van der Waals surface area contributed by atoms with Crippen LogP contribution in [0.15, 0.2) is 42.5 Å². The predicted octanol–water partition coefficient (Wildman–Crippen LogP) is 2.58. The van der Waals surface area contributed by atoms with Gasteiger partial charge in [0.05, 0.1) is 17.0 Å². The molecule has 0 saturated carbocycles. The standard InChI is InChI=1S/C17H14N2O5/c1-11-4-2-5-12(10-11)24-9-8-18-16(20)13-6-3-7-14(19(22)23)15(13)17(18)21/h2-7,10H,8-9H2,1H3. The van der Waals surface area contributed by atoms with E-state index in [0.717, 1.165) is 10.5 Å². The van der Waals surface area contributed by atoms with Crippen LogP contribution in [-0.4, -0.2) is 34.8 Å². The molecule has 0 radical (unpaired) electrons. The Morgan fingerprint density at radius 2 is 1.88 bits per heavy atom. The number of nitro benzene ring substituents is 1. The lowest BCUT2D eigenvalue weighted by atomic mass is 10.1. The molecule has 1 aliphatic rings. The van der Waals surface area contributed by atoms with Crippen molar-refractivity contribution in [2.75, 3.05) is 13.2 Å². The number of nitro groups is 1. The number of carbonyl (C=O) groups is 2. The summed E-state index contributed by atoms with van der Waals surface area (Å²) in [5, 5.41) is 11.0. The molecule has 1 heterocycles. The number of ether oxygens (including phenoxy) is 1. The Kier molecular flexibility index (Phi) is 3.99. The number of rotatable bonds is 5. The van der Waals surface area contributed by atoms with Crippen molar-refractivity contribution in [3.8, 4) is 5.75 Å². The van der Waals surface area contributed by atoms with E-state index in [-0.39, 0.29) is 30.0 Å². The maximum absolute atomic E-state index is 12.4. The fourth-order valence-corrected chi connectivity index (χ4v) is 2.63. The van der Waals surface area contributed by atoms with Crippen molar-refractivity contribution >= 4 is 17.5 Å². The van der Waals surface area contributed by atoms with E-state index in [0.29, 0.717) is 5.75 Å². The molecule has 0 aliphatic carbocycles. The maximum Gasteiger partial charge on any atom is 0.282 e. The van der Waals surface area contributed by atoms with E-state index in [4.69, 9.17) is 4.74 Å². The number of hydrogen-bond donors (Lipinski definition) is 0. The highest BCUT2D eigenvalue weighted by molar-refractivity contribution is 6.23. The van der Waals surface area contributed by atoms with Gasteiger partial charge in [-0.3, -0.25) is 24.6 Å². The minimum atomic E-state index is -0.657. The Hall–Kier alpha value is -3.22. The van der Waals surface area contributed by atoms with Crippen LogP contribution in [0.4, 0.5) is 5.69 Å². The van der Waals surface area contributed by atoms with E-state index >= 15 is 0 Å². The minimum absolute atomic E-state index is 0.0252. The molecule has 0 bridgehead atoms. The van der Waals surface area contributed by atoms with Crippen molar-refractivity contribution in [2.24, 2.45) is 0 Å². The normalized spacial score (nSPS) is 13.1. The highest BCUT2D eigenvalue weighted by Crippen LogP contribution is 2.30. The number of benzene rings is 2. The Morgan fingerprint density at radius 1 is 1.12 bits per heavy atom. The van der Waals surface area contributed by atoms with E-state index in [1.54, 1.807) is 6.07 Å². The largest absolute Gasteiger partial charge is 0.492 e. The molecule has 0 fully saturated rings. The number of nitrogens with zero attached hydrogens (tertiary/aromatic N) is 2. The van der Waals surface area contributed by atoms with Crippen molar-refractivity contribution in [3.05, 3.63) is 69.3 Å². The van der Waals surface area contributed by atoms with Gasteiger partial charge < -0.3 is 4.74 Å². The van der Waals surface area contributed by atoms with Crippen LogP contribution in [0.5, 0.6) is 5.75 Å². The molecule has 0 saturated heterocycles. The fraction of sp³-hybridized carbons (Fsp3) is 0.176. The summed E-state index contributed by atoms with van der Waals surface area (Å²) in [4.78, 5) is 36.1. The summed E-state index contributed by atoms with van der Waals surface area (Å²) in [5.41, 5.74) is 0.588. The molecular weight excluding hydrogens is 312 g/mol. The lowest BCUT2D eigenvalue weighted by molar-refractivity contribution is -0.385. The van der Waals surface area contributed by atoms with E-state index in [9.17, 15) is 19.7 Å². The number of hydrogen-bond acceptors (Lipinski definition) is 5. The predicted molar refractivity (Wildman–Crippen MR) is 85.1 cm³/mol. The van der Waals surface area contributed by atoms with Crippen molar-refractivity contribution in [1.29, 1.82) is 0 Å². The summed E-state index contributed by atoms with van der Waals surface area (Å²) in [5.74, 6) is -0.556. The SMILES string of the molecule is Cc1cccc(OCCN2C(=O)c3cccc([N+](=O)[O-])c3C2=O)c1. The summed E-state index contributed by atoms with van der Waals surface area (Å²) in [6, 6.07) is 11.4. The summed E-state index contributed by atoms with van der Waals surface area (Å²) in [7, 11) is 0. The first kappa shape index (κ1) is 15.7. The first-order valence-electron chi connectivity index (χ1n) is 7.32. The number of aryl methyl sites for hydroxylation is 1. The van der Waals surface area contributed by atoms with Gasteiger partial charge in [-0.05, 0) is 30.7 Å². The molecule has 2 aromatic carbocycles. The molecule has 1 aliphatic heterocycles. The average molecular weight is 326 g/mol. The van der Waals surface area contributed by atoms with Crippen LogP contribution in [0.2, 0.25) is 0 Å². The molecule has 0 spiro atoms. The molecule has 122 valence electrons. The third kappa shape index (κ3) is 2.71. The highest BCUT2D eigenvalue weighted by Gasteiger charge is 2.40. The topological polar surface area (TPSA) is 89.8 Å². The lowest BCUT2D eigenvalue weighted by Gasteiger charge is -2.14. The number of fused-ring (bicyclic) bond motifs is 1. The second-order valence-corrected chi connectivity index (χ2v) is 5.38. The van der Waals surface area contributed by atoms with E-state index < -0.39 is 16.7 Å². The zero-order valence-corrected chi connectivity index (χ0v) is 12.9. The zero-order valence-electron chi connectivity index (χ0n) is 12.9. The average Bonchev–Trinajstić information content (AvgIpc) is 2.80. The van der Waals surface area contributed by atoms with Crippen molar-refractivity contribution < 1.29 is 19.2 Å². The second-order valence-electron chi connectivity index (χ2n) is 5.38. The van der Waals surface area contributed by atoms with Gasteiger partial charge in [-0.2, -0.15) is 0 Å². The molecule has 2 aromatic rings. The van der Waals surface area contributed by atoms with Gasteiger partial charge in [0.25, 0.3) is 17.5 Å². The molecule has 7 nitrogen and oxygen atoms in total. The van der Waals surface area contributed by atoms with Crippen molar-refractivity contribution in [2.45, 2.75) is 6.92 Å². The molecule has 0 unspecified atom stereocenters. The van der Waals surface area contributed by atoms with Gasteiger partial charge in [0.2, 0.25) is 0 Å². The number of carbonyl (C=O) groups excluding carboxylic acids is 2. The van der Waals surface area contributed by atoms with Gasteiger partial charge in [0.15, 0.2) is 0 Å². The molecule has 0 N–H and O–H groups in total. The Morgan fingerprint density at radius 3 is 2.58 bits per heavy atom. The van der Waals surface area contributed by atoms with Crippen molar-refractivity contribution in [1.82, 2.24) is 4.90 Å². The van der Waals surface area contributed by atoms with Crippen LogP contribution in [0, 0.1) is 17.0 Å². The molecule has 7 heteroatoms. The number of imide groups is 1. The fourth-order valence-electron chi connectivity index (χ4n) is 2.63. The summed E-state index contributed by atoms with van der Waals surface area (Å²) >= 11 is 0. The third-order valence-electron chi connectivity index (χ3n) is 3.75. The van der Waals surface area contributed by atoms with Gasteiger partial charge in [-0.25, -0.2) is 0 Å². The summed E-state index contributed by atoms with van der Waals surface area (Å²) in [6.07, 6.45) is 0. The summed E-state index contributed by atoms with van der Waals surface area (Å²) in [6.45, 7) is 2.07. The molecular formula is C17H14N2O5. The second kappa shape index (κ2) is 6.11. The van der Waals surface area contributed by atoms with Gasteiger partial charge >= 0.3 is 0 Å². The van der Waals surface area contributed by atoms with Gasteiger partial charge in [0.1, 0.15) is 17.9 Å². The Labute approximate surface area is 137 Å². The first-order chi connectivity index (χ1) is 11.5. The quantitative estimate of drug-likeness (QED) is 0.478. The van der Waals surface area contributed by atoms with Gasteiger partial charge in [-0.1, -0.05) is 18.2 Å². The maximum atomic E-state index is 12.4. The monoisotopic (exact) mass is 326 g/mol. The van der Waals surface area contributed by atoms with E-state index in [2.05, 4.69) is 0 Å². The van der Waals surface area contributed by atoms with E-state index in [1.807, 2.05) is 25.1 Å². The minimum Gasteiger partial charge on any atom is -0.492 e. The Balaban J connectivity index is 1.74. The first-order valence-corrected chi connectivity index (χ1v) is 7.32. The molecule has 3 rings (SSSR count). The van der Waals surface area contributed by atoms with Gasteiger partial charge in [-0.15, -0.1) is 0 Å². The van der Waals surface area contributed by atoms with Crippen LogP contribution in [-0.2, 0) is 0 Å². The lowest BCUT2D eigenvalue weighted by Crippen LogP contribution is -2.33. The van der Waals surface area contributed by atoms with Crippen LogP contribution < -0.4 is 4.74 Å². The van der Waals surface area contributed by atoms with Crippen LogP contribution in [0.3, 0.4) is 0 Å². The molecule has 0 aromatic heterocycles. The number of amides is 2. The van der Waals surface area contributed by atoms with Crippen molar-refractivity contribution in [3.63, 3.8) is 0 Å². The smallest absolute Gasteiger partial charge is 0.282 e. The third-order valence-corrected chi connectivity index (χ3v) is 3.75. The van der Waals surface area contributed by atoms with Crippen LogP contribution >= 0.6 is 0 Å². The van der Waals surface area contributed by atoms with Gasteiger partial charge in [0, 0.05) is 6.07 Å². The van der Waals surface area contributed by atoms with Crippen LogP contribution in [0.25, 0.3) is 0 Å². The summed E-state index contributed by atoms with van der Waals surface area (Å²) < 4.78 is 5.54. The molecule has 24 heavy (non-hydrogen) atoms. The van der Waals surface area contributed by atoms with E-state index in [1.165, 1.54) is 18.2 Å². The Bertz CT molecular complexity index is 847. The highest BCUT2D eigenvalue weighted by atomic mass is 16.6.